The zero-order valence-corrected chi connectivity index (χ0v) is 23.6. The van der Waals surface area contributed by atoms with Crippen LogP contribution in [0.25, 0.3) is 0 Å². The number of carbonyl (C=O) groups is 1. The molecule has 3 aromatic rings. The fourth-order valence-corrected chi connectivity index (χ4v) is 5.58. The number of hydrogen-bond acceptors (Lipinski definition) is 5. The summed E-state index contributed by atoms with van der Waals surface area (Å²) in [6, 6.07) is 13.2. The molecule has 5 rings (SSSR count). The normalized spacial score (nSPS) is 21.9. The summed E-state index contributed by atoms with van der Waals surface area (Å²) in [5, 5.41) is 3.08. The molecular formula is C32H39NO5. The smallest absolute Gasteiger partial charge is 0.287 e. The second-order valence-corrected chi connectivity index (χ2v) is 11.7. The second kappa shape index (κ2) is 9.90. The van der Waals surface area contributed by atoms with Crippen LogP contribution in [-0.4, -0.2) is 29.9 Å². The third kappa shape index (κ3) is 5.25. The molecule has 1 fully saturated rings. The van der Waals surface area contributed by atoms with Crippen LogP contribution in [0.5, 0.6) is 5.75 Å². The van der Waals surface area contributed by atoms with Gasteiger partial charge in [-0.25, -0.2) is 0 Å². The summed E-state index contributed by atoms with van der Waals surface area (Å²) in [5.74, 6) is 1.07. The molecule has 6 heteroatoms. The minimum Gasteiger partial charge on any atom is -0.487 e. The van der Waals surface area contributed by atoms with E-state index in [0.29, 0.717) is 13.0 Å². The molecule has 3 heterocycles. The van der Waals surface area contributed by atoms with Crippen LogP contribution >= 0.6 is 0 Å². The molecule has 1 saturated heterocycles. The van der Waals surface area contributed by atoms with Crippen LogP contribution in [0.15, 0.2) is 46.9 Å². The topological polar surface area (TPSA) is 69.9 Å². The van der Waals surface area contributed by atoms with Crippen molar-refractivity contribution in [2.75, 3.05) is 6.61 Å². The van der Waals surface area contributed by atoms with E-state index in [2.05, 4.69) is 39.9 Å². The van der Waals surface area contributed by atoms with Crippen LogP contribution in [0.2, 0.25) is 0 Å². The van der Waals surface area contributed by atoms with Gasteiger partial charge in [0.1, 0.15) is 23.2 Å². The summed E-state index contributed by atoms with van der Waals surface area (Å²) in [7, 11) is 0. The Morgan fingerprint density at radius 1 is 0.974 bits per heavy atom. The van der Waals surface area contributed by atoms with Crippen molar-refractivity contribution >= 4 is 5.91 Å². The molecule has 0 aliphatic carbocycles. The highest BCUT2D eigenvalue weighted by Gasteiger charge is 2.38. The SMILES string of the molecule is Cc1c(C)c2c(c(C)c1Cc1ccc(C(=O)NC3COC(C)(C)OC3c3ccccc3)o1)CCC(C)(C)O2. The summed E-state index contributed by atoms with van der Waals surface area (Å²) < 4.78 is 24.5. The second-order valence-electron chi connectivity index (χ2n) is 11.7. The highest BCUT2D eigenvalue weighted by atomic mass is 16.7. The standard InChI is InChI=1S/C32H39NO5/c1-19-20(2)28-24(15-16-31(4,5)37-28)21(3)25(19)17-23-13-14-27(36-23)30(34)33-26-18-35-32(6,7)38-29(26)22-11-9-8-10-12-22/h8-14,26,29H,15-18H2,1-7H3,(H,33,34). The molecule has 0 saturated carbocycles. The Morgan fingerprint density at radius 3 is 2.45 bits per heavy atom. The molecule has 2 atom stereocenters. The first kappa shape index (κ1) is 26.5. The van der Waals surface area contributed by atoms with Crippen LogP contribution in [-0.2, 0) is 22.3 Å². The highest BCUT2D eigenvalue weighted by Crippen LogP contribution is 2.41. The number of ether oxygens (including phenoxy) is 3. The number of rotatable bonds is 5. The third-order valence-electron chi connectivity index (χ3n) is 7.96. The van der Waals surface area contributed by atoms with Gasteiger partial charge in [0.25, 0.3) is 5.91 Å². The molecule has 6 nitrogen and oxygen atoms in total. The Kier molecular flexibility index (Phi) is 6.91. The van der Waals surface area contributed by atoms with Crippen molar-refractivity contribution in [2.24, 2.45) is 0 Å². The van der Waals surface area contributed by atoms with Gasteiger partial charge in [0.15, 0.2) is 11.5 Å². The lowest BCUT2D eigenvalue weighted by Crippen LogP contribution is -2.51. The van der Waals surface area contributed by atoms with Gasteiger partial charge in [0, 0.05) is 6.42 Å². The number of furan rings is 1. The van der Waals surface area contributed by atoms with Gasteiger partial charge in [-0.15, -0.1) is 0 Å². The van der Waals surface area contributed by atoms with Crippen LogP contribution in [0.3, 0.4) is 0 Å². The Balaban J connectivity index is 1.34. The Morgan fingerprint density at radius 2 is 1.71 bits per heavy atom. The van der Waals surface area contributed by atoms with Crippen LogP contribution in [0, 0.1) is 20.8 Å². The predicted molar refractivity (Wildman–Crippen MR) is 147 cm³/mol. The summed E-state index contributed by atoms with van der Waals surface area (Å²) >= 11 is 0. The monoisotopic (exact) mass is 517 g/mol. The number of benzene rings is 2. The molecule has 1 N–H and O–H groups in total. The zero-order chi connectivity index (χ0) is 27.2. The minimum atomic E-state index is -0.733. The van der Waals surface area contributed by atoms with Crippen molar-refractivity contribution < 1.29 is 23.4 Å². The van der Waals surface area contributed by atoms with Crippen LogP contribution in [0.1, 0.15) is 89.9 Å². The largest absolute Gasteiger partial charge is 0.487 e. The first-order valence-electron chi connectivity index (χ1n) is 13.5. The minimum absolute atomic E-state index is 0.148. The van der Waals surface area contributed by atoms with Gasteiger partial charge in [-0.2, -0.15) is 0 Å². The van der Waals surface area contributed by atoms with Gasteiger partial charge < -0.3 is 23.9 Å². The molecule has 202 valence electrons. The summed E-state index contributed by atoms with van der Waals surface area (Å²) in [4.78, 5) is 13.2. The van der Waals surface area contributed by atoms with E-state index in [-0.39, 0.29) is 29.4 Å². The summed E-state index contributed by atoms with van der Waals surface area (Å²) in [6.07, 6.45) is 2.29. The molecule has 2 unspecified atom stereocenters. The maximum atomic E-state index is 13.2. The van der Waals surface area contributed by atoms with E-state index in [1.165, 1.54) is 27.8 Å². The van der Waals surface area contributed by atoms with E-state index in [9.17, 15) is 4.79 Å². The highest BCUT2D eigenvalue weighted by molar-refractivity contribution is 5.91. The Hall–Kier alpha value is -3.09. The van der Waals surface area contributed by atoms with E-state index < -0.39 is 5.79 Å². The number of nitrogens with one attached hydrogen (secondary N) is 1. The van der Waals surface area contributed by atoms with Gasteiger partial charge >= 0.3 is 0 Å². The predicted octanol–water partition coefficient (Wildman–Crippen LogP) is 6.52. The van der Waals surface area contributed by atoms with E-state index in [4.69, 9.17) is 18.6 Å². The molecule has 0 spiro atoms. The molecule has 38 heavy (non-hydrogen) atoms. The maximum absolute atomic E-state index is 13.2. The molecule has 0 bridgehead atoms. The lowest BCUT2D eigenvalue weighted by atomic mass is 9.84. The van der Waals surface area contributed by atoms with E-state index >= 15 is 0 Å². The van der Waals surface area contributed by atoms with Gasteiger partial charge in [0.2, 0.25) is 0 Å². The molecular weight excluding hydrogens is 478 g/mol. The average molecular weight is 518 g/mol. The Bertz CT molecular complexity index is 1340. The average Bonchev–Trinajstić information content (AvgIpc) is 3.35. The quantitative estimate of drug-likeness (QED) is 0.417. The van der Waals surface area contributed by atoms with Gasteiger partial charge in [-0.05, 0) is 107 Å². The number of hydrogen-bond donors (Lipinski definition) is 1. The Labute approximate surface area is 225 Å². The van der Waals surface area contributed by atoms with Crippen molar-refractivity contribution in [3.8, 4) is 5.75 Å². The van der Waals surface area contributed by atoms with Gasteiger partial charge in [0.05, 0.1) is 12.6 Å². The zero-order valence-electron chi connectivity index (χ0n) is 23.6. The van der Waals surface area contributed by atoms with Crippen molar-refractivity contribution in [1.29, 1.82) is 0 Å². The molecule has 0 radical (unpaired) electrons. The lowest BCUT2D eigenvalue weighted by molar-refractivity contribution is -0.284. The number of amides is 1. The first-order chi connectivity index (χ1) is 17.9. The van der Waals surface area contributed by atoms with Crippen molar-refractivity contribution in [3.05, 3.63) is 87.4 Å². The molecule has 2 aromatic carbocycles. The van der Waals surface area contributed by atoms with Gasteiger partial charge in [-0.1, -0.05) is 30.3 Å². The fourth-order valence-electron chi connectivity index (χ4n) is 5.58. The summed E-state index contributed by atoms with van der Waals surface area (Å²) in [6.45, 7) is 14.9. The molecule has 2 aliphatic rings. The maximum Gasteiger partial charge on any atom is 0.287 e. The van der Waals surface area contributed by atoms with Crippen LogP contribution in [0.4, 0.5) is 0 Å². The van der Waals surface area contributed by atoms with Crippen LogP contribution < -0.4 is 10.1 Å². The number of carbonyl (C=O) groups excluding carboxylic acids is 1. The molecule has 1 aromatic heterocycles. The van der Waals surface area contributed by atoms with E-state index in [0.717, 1.165) is 29.9 Å². The third-order valence-corrected chi connectivity index (χ3v) is 7.96. The molecule has 2 aliphatic heterocycles. The van der Waals surface area contributed by atoms with Crippen molar-refractivity contribution in [3.63, 3.8) is 0 Å². The van der Waals surface area contributed by atoms with E-state index in [1.54, 1.807) is 6.07 Å². The summed E-state index contributed by atoms with van der Waals surface area (Å²) in [5.41, 5.74) is 7.04. The fraction of sp³-hybridized carbons (Fsp3) is 0.469. The van der Waals surface area contributed by atoms with Crippen molar-refractivity contribution in [2.45, 2.75) is 91.3 Å². The lowest BCUT2D eigenvalue weighted by Gasteiger charge is -2.41. The first-order valence-corrected chi connectivity index (χ1v) is 13.5. The van der Waals surface area contributed by atoms with E-state index in [1.807, 2.05) is 50.2 Å². The number of fused-ring (bicyclic) bond motifs is 1. The van der Waals surface area contributed by atoms with Gasteiger partial charge in [-0.3, -0.25) is 4.79 Å². The van der Waals surface area contributed by atoms with Crippen molar-refractivity contribution in [1.82, 2.24) is 5.32 Å². The molecule has 1 amide bonds.